The Balaban J connectivity index is 2.21. The molecule has 0 saturated carbocycles. The minimum Gasteiger partial charge on any atom is -0.360 e. The van der Waals surface area contributed by atoms with Crippen LogP contribution in [-0.2, 0) is 23.1 Å². The molecular weight excluding hydrogens is 285 g/mol. The van der Waals surface area contributed by atoms with Crippen LogP contribution in [-0.4, -0.2) is 13.6 Å². The first kappa shape index (κ1) is 14.6. The molecule has 0 atom stereocenters. The summed E-state index contributed by atoms with van der Waals surface area (Å²) in [6.45, 7) is 1.74. The van der Waals surface area contributed by atoms with Gasteiger partial charge in [-0.3, -0.25) is 0 Å². The summed E-state index contributed by atoms with van der Waals surface area (Å²) >= 11 is 0. The van der Waals surface area contributed by atoms with Crippen molar-refractivity contribution >= 4 is 10.0 Å². The molecule has 0 aliphatic heterocycles. The second kappa shape index (κ2) is 5.70. The number of hydrogen-bond acceptors (Lipinski definition) is 5. The lowest BCUT2D eigenvalue weighted by Crippen LogP contribution is -2.24. The van der Waals surface area contributed by atoms with Crippen molar-refractivity contribution in [3.05, 3.63) is 47.1 Å². The van der Waals surface area contributed by atoms with Gasteiger partial charge in [-0.15, -0.1) is 0 Å². The number of halogens is 1. The molecule has 1 heterocycles. The van der Waals surface area contributed by atoms with Crippen molar-refractivity contribution in [1.82, 2.24) is 9.88 Å². The maximum Gasteiger partial charge on any atom is 0.243 e. The third kappa shape index (κ3) is 3.21. The molecule has 0 saturated heterocycles. The van der Waals surface area contributed by atoms with E-state index in [1.54, 1.807) is 13.0 Å². The molecule has 0 bridgehead atoms. The van der Waals surface area contributed by atoms with Crippen LogP contribution in [0.25, 0.3) is 0 Å². The average Bonchev–Trinajstić information content (AvgIpc) is 2.83. The van der Waals surface area contributed by atoms with Gasteiger partial charge in [-0.05, 0) is 24.6 Å². The maximum absolute atomic E-state index is 13.6. The number of aryl methyl sites for hydroxylation is 1. The summed E-state index contributed by atoms with van der Waals surface area (Å²) in [6.07, 6.45) is 0. The van der Waals surface area contributed by atoms with Crippen molar-refractivity contribution in [3.8, 4) is 0 Å². The van der Waals surface area contributed by atoms with E-state index in [4.69, 9.17) is 10.3 Å². The molecule has 0 radical (unpaired) electrons. The zero-order chi connectivity index (χ0) is 14.8. The van der Waals surface area contributed by atoms with E-state index in [0.717, 1.165) is 6.07 Å². The zero-order valence-corrected chi connectivity index (χ0v) is 11.6. The van der Waals surface area contributed by atoms with Crippen molar-refractivity contribution in [2.75, 3.05) is 0 Å². The number of rotatable bonds is 5. The van der Waals surface area contributed by atoms with Gasteiger partial charge in [0.15, 0.2) is 5.76 Å². The molecule has 1 aromatic carbocycles. The van der Waals surface area contributed by atoms with Crippen molar-refractivity contribution in [3.63, 3.8) is 0 Å². The molecule has 0 aliphatic rings. The minimum atomic E-state index is -3.98. The van der Waals surface area contributed by atoms with Gasteiger partial charge in [0.05, 0.1) is 12.2 Å². The standard InChI is InChI=1S/C12H14FN3O3S/c1-8-4-10(19-16-8)7-15-20(17,18)12-5-9(6-14)2-3-11(12)13/h2-5,15H,6-7,14H2,1H3. The molecule has 0 fully saturated rings. The Hall–Kier alpha value is -1.77. The van der Waals surface area contributed by atoms with E-state index >= 15 is 0 Å². The zero-order valence-electron chi connectivity index (χ0n) is 10.8. The van der Waals surface area contributed by atoms with Crippen LogP contribution in [0.4, 0.5) is 4.39 Å². The Kier molecular flexibility index (Phi) is 4.17. The fourth-order valence-electron chi connectivity index (χ4n) is 1.62. The predicted octanol–water partition coefficient (Wildman–Crippen LogP) is 1.06. The van der Waals surface area contributed by atoms with Gasteiger partial charge in [-0.25, -0.2) is 17.5 Å². The lowest BCUT2D eigenvalue weighted by atomic mass is 10.2. The van der Waals surface area contributed by atoms with Gasteiger partial charge in [0.25, 0.3) is 0 Å². The number of aromatic nitrogens is 1. The van der Waals surface area contributed by atoms with Crippen LogP contribution in [0, 0.1) is 12.7 Å². The highest BCUT2D eigenvalue weighted by Gasteiger charge is 2.20. The summed E-state index contributed by atoms with van der Waals surface area (Å²) in [6, 6.07) is 5.32. The van der Waals surface area contributed by atoms with Crippen LogP contribution in [0.1, 0.15) is 17.0 Å². The lowest BCUT2D eigenvalue weighted by Gasteiger charge is -2.07. The highest BCUT2D eigenvalue weighted by molar-refractivity contribution is 7.89. The summed E-state index contributed by atoms with van der Waals surface area (Å²) < 4.78 is 44.9. The smallest absolute Gasteiger partial charge is 0.243 e. The van der Waals surface area contributed by atoms with Gasteiger partial charge < -0.3 is 10.3 Å². The number of benzene rings is 1. The molecule has 2 rings (SSSR count). The molecular formula is C12H14FN3O3S. The first-order chi connectivity index (χ1) is 9.42. The Morgan fingerprint density at radius 3 is 2.75 bits per heavy atom. The maximum atomic E-state index is 13.6. The topological polar surface area (TPSA) is 98.2 Å². The monoisotopic (exact) mass is 299 g/mol. The quantitative estimate of drug-likeness (QED) is 0.860. The minimum absolute atomic E-state index is 0.102. The average molecular weight is 299 g/mol. The van der Waals surface area contributed by atoms with Crippen LogP contribution in [0.5, 0.6) is 0 Å². The summed E-state index contributed by atoms with van der Waals surface area (Å²) in [5, 5.41) is 3.63. The van der Waals surface area contributed by atoms with Gasteiger partial charge >= 0.3 is 0 Å². The van der Waals surface area contributed by atoms with Crippen LogP contribution < -0.4 is 10.5 Å². The van der Waals surface area contributed by atoms with Gasteiger partial charge in [0.1, 0.15) is 10.7 Å². The van der Waals surface area contributed by atoms with Crippen molar-refractivity contribution in [2.45, 2.75) is 24.9 Å². The molecule has 0 spiro atoms. The lowest BCUT2D eigenvalue weighted by molar-refractivity contribution is 0.377. The third-order valence-electron chi connectivity index (χ3n) is 2.63. The van der Waals surface area contributed by atoms with E-state index in [0.29, 0.717) is 17.0 Å². The molecule has 108 valence electrons. The Morgan fingerprint density at radius 2 is 2.15 bits per heavy atom. The largest absolute Gasteiger partial charge is 0.360 e. The molecule has 0 amide bonds. The normalized spacial score (nSPS) is 11.8. The molecule has 6 nitrogen and oxygen atoms in total. The van der Waals surface area contributed by atoms with Crippen molar-refractivity contribution in [2.24, 2.45) is 5.73 Å². The number of nitrogens with two attached hydrogens (primary N) is 1. The Morgan fingerprint density at radius 1 is 1.40 bits per heavy atom. The molecule has 0 unspecified atom stereocenters. The van der Waals surface area contributed by atoms with Crippen LogP contribution in [0.2, 0.25) is 0 Å². The Bertz CT molecular complexity index is 712. The number of sulfonamides is 1. The summed E-state index contributed by atoms with van der Waals surface area (Å²) in [5.41, 5.74) is 6.58. The summed E-state index contributed by atoms with van der Waals surface area (Å²) in [5.74, 6) is -0.482. The number of hydrogen-bond donors (Lipinski definition) is 2. The van der Waals surface area contributed by atoms with Crippen LogP contribution in [0.3, 0.4) is 0 Å². The third-order valence-corrected chi connectivity index (χ3v) is 4.05. The molecule has 20 heavy (non-hydrogen) atoms. The summed E-state index contributed by atoms with van der Waals surface area (Å²) in [4.78, 5) is -0.434. The van der Waals surface area contributed by atoms with E-state index in [2.05, 4.69) is 9.88 Å². The van der Waals surface area contributed by atoms with Crippen LogP contribution in [0.15, 0.2) is 33.7 Å². The van der Waals surface area contributed by atoms with E-state index in [9.17, 15) is 12.8 Å². The first-order valence-electron chi connectivity index (χ1n) is 5.83. The number of nitrogens with one attached hydrogen (secondary N) is 1. The molecule has 1 aromatic heterocycles. The Labute approximate surface area is 115 Å². The fraction of sp³-hybridized carbons (Fsp3) is 0.250. The van der Waals surface area contributed by atoms with E-state index < -0.39 is 20.7 Å². The van der Waals surface area contributed by atoms with Gasteiger partial charge in [-0.2, -0.15) is 0 Å². The van der Waals surface area contributed by atoms with E-state index in [1.165, 1.54) is 12.1 Å². The van der Waals surface area contributed by atoms with Gasteiger partial charge in [-0.1, -0.05) is 11.2 Å². The summed E-state index contributed by atoms with van der Waals surface area (Å²) in [7, 11) is -3.98. The predicted molar refractivity (Wildman–Crippen MR) is 69.6 cm³/mol. The number of nitrogens with zero attached hydrogens (tertiary/aromatic N) is 1. The van der Waals surface area contributed by atoms with Crippen LogP contribution >= 0.6 is 0 Å². The fourth-order valence-corrected chi connectivity index (χ4v) is 2.74. The van der Waals surface area contributed by atoms with Gasteiger partial charge in [0, 0.05) is 12.6 Å². The molecule has 0 aliphatic carbocycles. The highest BCUT2D eigenvalue weighted by Crippen LogP contribution is 2.16. The molecule has 8 heteroatoms. The SMILES string of the molecule is Cc1cc(CNS(=O)(=O)c2cc(CN)ccc2F)on1. The van der Waals surface area contributed by atoms with Crippen molar-refractivity contribution in [1.29, 1.82) is 0 Å². The first-order valence-corrected chi connectivity index (χ1v) is 7.31. The van der Waals surface area contributed by atoms with E-state index in [1.807, 2.05) is 0 Å². The van der Waals surface area contributed by atoms with Gasteiger partial charge in [0.2, 0.25) is 10.0 Å². The van der Waals surface area contributed by atoms with Crippen molar-refractivity contribution < 1.29 is 17.3 Å². The second-order valence-electron chi connectivity index (χ2n) is 4.23. The van der Waals surface area contributed by atoms with E-state index in [-0.39, 0.29) is 13.1 Å². The molecule has 2 aromatic rings. The highest BCUT2D eigenvalue weighted by atomic mass is 32.2. The molecule has 3 N–H and O–H groups in total. The second-order valence-corrected chi connectivity index (χ2v) is 5.96.